The van der Waals surface area contributed by atoms with Gasteiger partial charge in [-0.2, -0.15) is 0 Å². The van der Waals surface area contributed by atoms with E-state index in [0.29, 0.717) is 13.4 Å². The molecule has 0 unspecified atom stereocenters. The monoisotopic (exact) mass is 162 g/mol. The zero-order valence-electron chi connectivity index (χ0n) is 6.69. The van der Waals surface area contributed by atoms with Gasteiger partial charge in [0.05, 0.1) is 6.61 Å². The largest absolute Gasteiger partial charge is 0.467 e. The highest BCUT2D eigenvalue weighted by molar-refractivity contribution is 5.57. The first-order valence-electron chi connectivity index (χ1n) is 3.93. The van der Waals surface area contributed by atoms with E-state index in [1.54, 1.807) is 0 Å². The molecule has 1 aliphatic heterocycles. The van der Waals surface area contributed by atoms with Crippen molar-refractivity contribution in [1.82, 2.24) is 0 Å². The third-order valence-electron chi connectivity index (χ3n) is 1.73. The SMILES string of the molecule is C1=C\c2ccccc2OCOC/1. The second-order valence-electron chi connectivity index (χ2n) is 2.57. The first-order valence-corrected chi connectivity index (χ1v) is 3.93. The molecule has 62 valence electrons. The van der Waals surface area contributed by atoms with Crippen LogP contribution < -0.4 is 4.74 Å². The summed E-state index contributed by atoms with van der Waals surface area (Å²) in [5.41, 5.74) is 1.11. The van der Waals surface area contributed by atoms with Crippen LogP contribution in [0.2, 0.25) is 0 Å². The van der Waals surface area contributed by atoms with E-state index in [9.17, 15) is 0 Å². The summed E-state index contributed by atoms with van der Waals surface area (Å²) in [5, 5.41) is 0. The Morgan fingerprint density at radius 2 is 2.08 bits per heavy atom. The van der Waals surface area contributed by atoms with Crippen molar-refractivity contribution in [3.63, 3.8) is 0 Å². The fraction of sp³-hybridized carbons (Fsp3) is 0.200. The van der Waals surface area contributed by atoms with Crippen LogP contribution in [0.3, 0.4) is 0 Å². The average molecular weight is 162 g/mol. The van der Waals surface area contributed by atoms with Gasteiger partial charge in [-0.15, -0.1) is 0 Å². The molecule has 0 N–H and O–H groups in total. The van der Waals surface area contributed by atoms with Crippen LogP contribution in [0.1, 0.15) is 5.56 Å². The summed E-state index contributed by atoms with van der Waals surface area (Å²) in [6.45, 7) is 0.954. The topological polar surface area (TPSA) is 18.5 Å². The lowest BCUT2D eigenvalue weighted by Gasteiger charge is -2.11. The van der Waals surface area contributed by atoms with Gasteiger partial charge in [-0.25, -0.2) is 0 Å². The maximum absolute atomic E-state index is 5.35. The first-order chi connectivity index (χ1) is 5.97. The number of ether oxygens (including phenoxy) is 2. The van der Waals surface area contributed by atoms with Crippen LogP contribution >= 0.6 is 0 Å². The lowest BCUT2D eigenvalue weighted by atomic mass is 10.2. The molecular formula is C10H10O2. The van der Waals surface area contributed by atoms with Gasteiger partial charge in [-0.1, -0.05) is 30.4 Å². The highest BCUT2D eigenvalue weighted by Crippen LogP contribution is 2.20. The van der Waals surface area contributed by atoms with Crippen LogP contribution in [0.15, 0.2) is 30.3 Å². The summed E-state index contributed by atoms with van der Waals surface area (Å²) in [6.07, 6.45) is 4.00. The highest BCUT2D eigenvalue weighted by atomic mass is 16.7. The molecule has 0 aromatic heterocycles. The first kappa shape index (κ1) is 7.37. The van der Waals surface area contributed by atoms with Gasteiger partial charge in [-0.05, 0) is 6.07 Å². The number of hydrogen-bond acceptors (Lipinski definition) is 2. The molecule has 0 fully saturated rings. The van der Waals surface area contributed by atoms with Crippen LogP contribution in [-0.4, -0.2) is 13.4 Å². The number of fused-ring (bicyclic) bond motifs is 1. The Kier molecular flexibility index (Phi) is 2.10. The van der Waals surface area contributed by atoms with Crippen molar-refractivity contribution >= 4 is 6.08 Å². The Hall–Kier alpha value is -1.28. The summed E-state index contributed by atoms with van der Waals surface area (Å²) < 4.78 is 10.5. The molecule has 0 aliphatic carbocycles. The lowest BCUT2D eigenvalue weighted by Crippen LogP contribution is -2.05. The van der Waals surface area contributed by atoms with Crippen LogP contribution in [0.4, 0.5) is 0 Å². The lowest BCUT2D eigenvalue weighted by molar-refractivity contribution is 0.0296. The van der Waals surface area contributed by atoms with Crippen molar-refractivity contribution in [1.29, 1.82) is 0 Å². The third-order valence-corrected chi connectivity index (χ3v) is 1.73. The van der Waals surface area contributed by atoms with Gasteiger partial charge in [-0.3, -0.25) is 0 Å². The minimum absolute atomic E-state index is 0.335. The predicted octanol–water partition coefficient (Wildman–Crippen LogP) is 2.07. The fourth-order valence-electron chi connectivity index (χ4n) is 1.15. The minimum atomic E-state index is 0.335. The molecular weight excluding hydrogens is 152 g/mol. The summed E-state index contributed by atoms with van der Waals surface area (Å²) in [4.78, 5) is 0. The van der Waals surface area contributed by atoms with Gasteiger partial charge in [0.25, 0.3) is 0 Å². The molecule has 0 amide bonds. The quantitative estimate of drug-likeness (QED) is 0.581. The number of para-hydroxylation sites is 1. The highest BCUT2D eigenvalue weighted by Gasteiger charge is 2.00. The molecule has 2 rings (SSSR count). The average Bonchev–Trinajstić information content (AvgIpc) is 2.06. The molecule has 0 radical (unpaired) electrons. The van der Waals surface area contributed by atoms with E-state index in [4.69, 9.17) is 9.47 Å². The number of hydrogen-bond donors (Lipinski definition) is 0. The van der Waals surface area contributed by atoms with Crippen molar-refractivity contribution < 1.29 is 9.47 Å². The molecule has 0 atom stereocenters. The fourth-order valence-corrected chi connectivity index (χ4v) is 1.15. The number of benzene rings is 1. The standard InChI is InChI=1S/C10H10O2/c1-2-6-10-9(4-1)5-3-7-11-8-12-10/h1-6H,7-8H2/b5-3-. The van der Waals surface area contributed by atoms with E-state index in [1.165, 1.54) is 0 Å². The zero-order valence-corrected chi connectivity index (χ0v) is 6.69. The Balaban J connectivity index is 2.36. The Bertz CT molecular complexity index is 292. The van der Waals surface area contributed by atoms with Crippen LogP contribution in [-0.2, 0) is 4.74 Å². The molecule has 0 spiro atoms. The van der Waals surface area contributed by atoms with Crippen LogP contribution in [0, 0.1) is 0 Å². The minimum Gasteiger partial charge on any atom is -0.467 e. The predicted molar refractivity (Wildman–Crippen MR) is 46.9 cm³/mol. The van der Waals surface area contributed by atoms with E-state index in [-0.39, 0.29) is 0 Å². The van der Waals surface area contributed by atoms with E-state index in [0.717, 1.165) is 11.3 Å². The van der Waals surface area contributed by atoms with Gasteiger partial charge in [0.2, 0.25) is 0 Å². The van der Waals surface area contributed by atoms with Crippen molar-refractivity contribution in [2.75, 3.05) is 13.4 Å². The molecule has 1 aromatic carbocycles. The smallest absolute Gasteiger partial charge is 0.189 e. The molecule has 1 aromatic rings. The van der Waals surface area contributed by atoms with E-state index >= 15 is 0 Å². The normalized spacial score (nSPS) is 18.3. The Labute approximate surface area is 71.4 Å². The Morgan fingerprint density at radius 1 is 1.17 bits per heavy atom. The van der Waals surface area contributed by atoms with Gasteiger partial charge >= 0.3 is 0 Å². The van der Waals surface area contributed by atoms with Gasteiger partial charge in [0, 0.05) is 5.56 Å². The van der Waals surface area contributed by atoms with Crippen molar-refractivity contribution in [2.24, 2.45) is 0 Å². The summed E-state index contributed by atoms with van der Waals surface area (Å²) in [5.74, 6) is 0.883. The van der Waals surface area contributed by atoms with Crippen molar-refractivity contribution in [3.8, 4) is 5.75 Å². The van der Waals surface area contributed by atoms with Crippen molar-refractivity contribution in [3.05, 3.63) is 35.9 Å². The van der Waals surface area contributed by atoms with E-state index < -0.39 is 0 Å². The zero-order chi connectivity index (χ0) is 8.23. The van der Waals surface area contributed by atoms with E-state index in [2.05, 4.69) is 0 Å². The third kappa shape index (κ3) is 1.48. The molecule has 2 nitrogen and oxygen atoms in total. The maximum Gasteiger partial charge on any atom is 0.189 e. The molecule has 0 saturated carbocycles. The van der Waals surface area contributed by atoms with Crippen LogP contribution in [0.25, 0.3) is 6.08 Å². The summed E-state index contributed by atoms with van der Waals surface area (Å²) in [6, 6.07) is 7.91. The van der Waals surface area contributed by atoms with Gasteiger partial charge in [0.1, 0.15) is 5.75 Å². The van der Waals surface area contributed by atoms with Crippen LogP contribution in [0.5, 0.6) is 5.75 Å². The molecule has 1 heterocycles. The van der Waals surface area contributed by atoms with Crippen molar-refractivity contribution in [2.45, 2.75) is 0 Å². The molecule has 1 aliphatic rings. The summed E-state index contributed by atoms with van der Waals surface area (Å²) in [7, 11) is 0. The maximum atomic E-state index is 5.35. The molecule has 12 heavy (non-hydrogen) atoms. The summed E-state index contributed by atoms with van der Waals surface area (Å²) >= 11 is 0. The second kappa shape index (κ2) is 3.41. The second-order valence-corrected chi connectivity index (χ2v) is 2.57. The molecule has 0 bridgehead atoms. The number of rotatable bonds is 0. The molecule has 2 heteroatoms. The Morgan fingerprint density at radius 3 is 3.08 bits per heavy atom. The van der Waals surface area contributed by atoms with E-state index in [1.807, 2.05) is 36.4 Å². The molecule has 0 saturated heterocycles. The van der Waals surface area contributed by atoms with Gasteiger partial charge in [0.15, 0.2) is 6.79 Å². The van der Waals surface area contributed by atoms with Gasteiger partial charge < -0.3 is 9.47 Å².